The van der Waals surface area contributed by atoms with E-state index in [1.54, 1.807) is 18.2 Å². The highest BCUT2D eigenvalue weighted by molar-refractivity contribution is 6.31. The predicted octanol–water partition coefficient (Wildman–Crippen LogP) is 0.505. The molecule has 0 bridgehead atoms. The molecule has 5 atom stereocenters. The molecule has 0 radical (unpaired) electrons. The summed E-state index contributed by atoms with van der Waals surface area (Å²) in [5.41, 5.74) is 5.00. The van der Waals surface area contributed by atoms with Crippen molar-refractivity contribution in [2.75, 3.05) is 18.5 Å². The highest BCUT2D eigenvalue weighted by Gasteiger charge is 2.70. The number of hydrogen-bond donors (Lipinski definition) is 3. The number of ether oxygens (including phenoxy) is 1. The van der Waals surface area contributed by atoms with Crippen LogP contribution in [0.15, 0.2) is 18.2 Å². The highest BCUT2D eigenvalue weighted by Crippen LogP contribution is 2.54. The summed E-state index contributed by atoms with van der Waals surface area (Å²) in [6.07, 6.45) is 1.75. The minimum Gasteiger partial charge on any atom is -0.376 e. The number of nitrogens with zero attached hydrogens (tertiary/aromatic N) is 1. The number of carbonyl (C=O) groups excluding carboxylic acids is 4. The van der Waals surface area contributed by atoms with Gasteiger partial charge in [-0.25, -0.2) is 0 Å². The lowest BCUT2D eigenvalue weighted by Gasteiger charge is -2.30. The predicted molar refractivity (Wildman–Crippen MR) is 110 cm³/mol. The molecule has 4 N–H and O–H groups in total. The van der Waals surface area contributed by atoms with E-state index in [2.05, 4.69) is 10.6 Å². The summed E-state index contributed by atoms with van der Waals surface area (Å²) in [5.74, 6) is -3.36. The molecule has 4 heterocycles. The highest BCUT2D eigenvalue weighted by atomic mass is 35.5. The fourth-order valence-electron chi connectivity index (χ4n) is 5.55. The Hall–Kier alpha value is -2.49. The van der Waals surface area contributed by atoms with Gasteiger partial charge in [-0.1, -0.05) is 11.6 Å². The van der Waals surface area contributed by atoms with Gasteiger partial charge < -0.3 is 15.8 Å². The van der Waals surface area contributed by atoms with Crippen LogP contribution in [0.1, 0.15) is 31.2 Å². The number of halogens is 1. The van der Waals surface area contributed by atoms with Crippen LogP contribution in [-0.2, 0) is 29.5 Å². The summed E-state index contributed by atoms with van der Waals surface area (Å²) in [6.45, 7) is 0.780. The summed E-state index contributed by atoms with van der Waals surface area (Å²) in [6, 6.07) is 4.43. The van der Waals surface area contributed by atoms with E-state index in [0.29, 0.717) is 22.9 Å². The van der Waals surface area contributed by atoms with Gasteiger partial charge in [-0.15, -0.1) is 0 Å². The maximum atomic E-state index is 13.6. The quantitative estimate of drug-likeness (QED) is 0.565. The molecule has 1 spiro atoms. The molecular weight excluding hydrogens is 424 g/mol. The van der Waals surface area contributed by atoms with E-state index in [0.717, 1.165) is 12.8 Å². The fourth-order valence-corrected chi connectivity index (χ4v) is 5.72. The lowest BCUT2D eigenvalue weighted by Crippen LogP contribution is -2.53. The summed E-state index contributed by atoms with van der Waals surface area (Å²) < 4.78 is 5.63. The lowest BCUT2D eigenvalue weighted by molar-refractivity contribution is -0.144. The second kappa shape index (κ2) is 7.29. The van der Waals surface area contributed by atoms with E-state index in [1.165, 1.54) is 4.90 Å². The minimum atomic E-state index is -1.43. The summed E-state index contributed by atoms with van der Waals surface area (Å²) in [7, 11) is 0. The molecule has 3 fully saturated rings. The van der Waals surface area contributed by atoms with Crippen LogP contribution in [0, 0.1) is 11.8 Å². The van der Waals surface area contributed by atoms with E-state index in [1.807, 2.05) is 0 Å². The molecule has 10 heteroatoms. The van der Waals surface area contributed by atoms with Gasteiger partial charge in [-0.2, -0.15) is 0 Å². The van der Waals surface area contributed by atoms with Crippen molar-refractivity contribution in [2.45, 2.75) is 43.4 Å². The Balaban J connectivity index is 1.57. The average Bonchev–Trinajstić information content (AvgIpc) is 3.46. The number of imide groups is 1. The Morgan fingerprint density at radius 2 is 2.10 bits per heavy atom. The fraction of sp³-hybridized carbons (Fsp3) is 0.524. The van der Waals surface area contributed by atoms with Crippen molar-refractivity contribution in [3.05, 3.63) is 28.8 Å². The Bertz CT molecular complexity index is 994. The maximum absolute atomic E-state index is 13.6. The molecule has 4 amide bonds. The third-order valence-corrected chi connectivity index (χ3v) is 7.12. The topological polar surface area (TPSA) is 131 Å². The van der Waals surface area contributed by atoms with Crippen LogP contribution in [0.4, 0.5) is 5.69 Å². The van der Waals surface area contributed by atoms with Crippen molar-refractivity contribution in [1.29, 1.82) is 0 Å². The van der Waals surface area contributed by atoms with Crippen molar-refractivity contribution in [1.82, 2.24) is 10.2 Å². The third-order valence-electron chi connectivity index (χ3n) is 6.88. The van der Waals surface area contributed by atoms with Gasteiger partial charge >= 0.3 is 0 Å². The second-order valence-electron chi connectivity index (χ2n) is 8.63. The zero-order chi connectivity index (χ0) is 21.9. The van der Waals surface area contributed by atoms with Crippen LogP contribution in [0.5, 0.6) is 0 Å². The first-order chi connectivity index (χ1) is 14.8. The number of nitrogens with one attached hydrogen (secondary N) is 2. The smallest absolute Gasteiger partial charge is 0.250 e. The molecule has 4 aliphatic heterocycles. The number of fused-ring (bicyclic) bond motifs is 4. The molecule has 3 saturated heterocycles. The van der Waals surface area contributed by atoms with Gasteiger partial charge in [-0.05, 0) is 37.5 Å². The molecule has 1 aromatic carbocycles. The number of hydrogen-bond acceptors (Lipinski definition) is 6. The number of primary amides is 1. The summed E-state index contributed by atoms with van der Waals surface area (Å²) in [5, 5.41) is 6.49. The molecule has 0 aromatic heterocycles. The number of likely N-dealkylation sites (tertiary alicyclic amines) is 1. The molecule has 4 aliphatic rings. The van der Waals surface area contributed by atoms with Gasteiger partial charge in [0.15, 0.2) is 0 Å². The minimum absolute atomic E-state index is 0.0359. The standard InChI is InChI=1S/C21H23ClN4O5/c22-10-3-4-13-12(8-10)21(20(30)24-13)17-16(14(25-21)5-6-15(23)27)18(28)26(19(17)29)9-11-2-1-7-31-11/h3-4,8,11,14,16-17,25H,1-2,5-7,9H2,(H2,23,27)(H,24,30)/t11-,14+,16+,17-,21-/m1/s1. The Morgan fingerprint density at radius 3 is 2.81 bits per heavy atom. The van der Waals surface area contributed by atoms with Gasteiger partial charge in [0, 0.05) is 35.3 Å². The Labute approximate surface area is 183 Å². The number of amides is 4. The molecule has 0 unspecified atom stereocenters. The number of anilines is 1. The zero-order valence-corrected chi connectivity index (χ0v) is 17.5. The van der Waals surface area contributed by atoms with Crippen molar-refractivity contribution in [2.24, 2.45) is 17.6 Å². The Kier molecular flexibility index (Phi) is 4.80. The molecule has 1 aromatic rings. The zero-order valence-electron chi connectivity index (χ0n) is 16.7. The van der Waals surface area contributed by atoms with Crippen molar-refractivity contribution in [3.8, 4) is 0 Å². The number of nitrogens with two attached hydrogens (primary N) is 1. The van der Waals surface area contributed by atoms with Gasteiger partial charge in [-0.3, -0.25) is 29.4 Å². The normalized spacial score (nSPS) is 33.8. The monoisotopic (exact) mass is 446 g/mol. The SMILES string of the molecule is NC(=O)CC[C@@H]1N[C@@]2(C(=O)Nc3ccc(Cl)cc32)[C@H]2C(=O)N(C[C@H]3CCCO3)C(=O)[C@@H]12. The molecular formula is C21H23ClN4O5. The van der Waals surface area contributed by atoms with Gasteiger partial charge in [0.1, 0.15) is 5.54 Å². The molecule has 5 rings (SSSR count). The van der Waals surface area contributed by atoms with E-state index >= 15 is 0 Å². The first-order valence-electron chi connectivity index (χ1n) is 10.5. The van der Waals surface area contributed by atoms with Crippen LogP contribution in [-0.4, -0.2) is 53.8 Å². The Morgan fingerprint density at radius 1 is 1.29 bits per heavy atom. The van der Waals surface area contributed by atoms with Crippen molar-refractivity contribution in [3.63, 3.8) is 0 Å². The van der Waals surface area contributed by atoms with Crippen molar-refractivity contribution >= 4 is 40.9 Å². The average molecular weight is 447 g/mol. The first kappa shape index (κ1) is 20.4. The molecule has 31 heavy (non-hydrogen) atoms. The van der Waals surface area contributed by atoms with Crippen LogP contribution in [0.2, 0.25) is 5.02 Å². The largest absolute Gasteiger partial charge is 0.376 e. The molecule has 9 nitrogen and oxygen atoms in total. The summed E-state index contributed by atoms with van der Waals surface area (Å²) in [4.78, 5) is 52.9. The van der Waals surface area contributed by atoms with E-state index in [-0.39, 0.29) is 31.4 Å². The number of benzene rings is 1. The van der Waals surface area contributed by atoms with Crippen molar-refractivity contribution < 1.29 is 23.9 Å². The van der Waals surface area contributed by atoms with Gasteiger partial charge in [0.2, 0.25) is 23.6 Å². The van der Waals surface area contributed by atoms with Gasteiger partial charge in [0.25, 0.3) is 0 Å². The summed E-state index contributed by atoms with van der Waals surface area (Å²) >= 11 is 6.21. The number of rotatable bonds is 5. The van der Waals surface area contributed by atoms with Crippen LogP contribution in [0.25, 0.3) is 0 Å². The lowest BCUT2D eigenvalue weighted by atomic mass is 9.76. The third kappa shape index (κ3) is 2.98. The van der Waals surface area contributed by atoms with E-state index in [4.69, 9.17) is 22.1 Å². The molecule has 0 aliphatic carbocycles. The van der Waals surface area contributed by atoms with Crippen LogP contribution >= 0.6 is 11.6 Å². The van der Waals surface area contributed by atoms with Crippen LogP contribution < -0.4 is 16.4 Å². The molecule has 164 valence electrons. The first-order valence-corrected chi connectivity index (χ1v) is 10.8. The molecule has 0 saturated carbocycles. The van der Waals surface area contributed by atoms with E-state index in [9.17, 15) is 19.2 Å². The maximum Gasteiger partial charge on any atom is 0.250 e. The van der Waals surface area contributed by atoms with Crippen LogP contribution in [0.3, 0.4) is 0 Å². The second-order valence-corrected chi connectivity index (χ2v) is 9.07. The number of carbonyl (C=O) groups is 4. The van der Waals surface area contributed by atoms with Gasteiger partial charge in [0.05, 0.1) is 24.5 Å². The van der Waals surface area contributed by atoms with E-state index < -0.39 is 41.1 Å².